The van der Waals surface area contributed by atoms with Crippen molar-refractivity contribution in [2.45, 2.75) is 6.42 Å². The maximum atomic E-state index is 11.7. The average Bonchev–Trinajstić information content (AvgIpc) is 2.35. The van der Waals surface area contributed by atoms with Gasteiger partial charge in [-0.2, -0.15) is 0 Å². The van der Waals surface area contributed by atoms with Gasteiger partial charge in [0.1, 0.15) is 4.99 Å². The molecule has 0 radical (unpaired) electrons. The quantitative estimate of drug-likeness (QED) is 0.590. The lowest BCUT2D eigenvalue weighted by atomic mass is 10.2. The second kappa shape index (κ2) is 6.48. The van der Waals surface area contributed by atoms with Crippen molar-refractivity contribution >= 4 is 38.9 Å². The highest BCUT2D eigenvalue weighted by Gasteiger charge is 2.14. The van der Waals surface area contributed by atoms with Crippen molar-refractivity contribution < 1.29 is 17.9 Å². The summed E-state index contributed by atoms with van der Waals surface area (Å²) < 4.78 is 30.2. The van der Waals surface area contributed by atoms with Crippen molar-refractivity contribution in [3.05, 3.63) is 29.8 Å². The van der Waals surface area contributed by atoms with Gasteiger partial charge in [-0.05, 0) is 12.1 Å². The molecular weight excluding hydrogens is 288 g/mol. The van der Waals surface area contributed by atoms with Crippen molar-refractivity contribution in [1.29, 1.82) is 0 Å². The van der Waals surface area contributed by atoms with Crippen LogP contribution in [-0.2, 0) is 19.6 Å². The van der Waals surface area contributed by atoms with Crippen molar-refractivity contribution in [2.75, 3.05) is 17.6 Å². The van der Waals surface area contributed by atoms with E-state index < -0.39 is 16.0 Å². The number of carbonyl (C=O) groups excluding carboxylic acids is 1. The smallest absolute Gasteiger partial charge is 0.306 e. The van der Waals surface area contributed by atoms with Crippen LogP contribution >= 0.6 is 12.2 Å². The van der Waals surface area contributed by atoms with Crippen LogP contribution in [0.2, 0.25) is 0 Å². The summed E-state index contributed by atoms with van der Waals surface area (Å²) in [6, 6.07) is 6.40. The van der Waals surface area contributed by atoms with Crippen LogP contribution in [0, 0.1) is 0 Å². The number of nitrogens with two attached hydrogens (primary N) is 1. The lowest BCUT2D eigenvalue weighted by molar-refractivity contribution is -0.140. The van der Waals surface area contributed by atoms with Crippen LogP contribution in [0.15, 0.2) is 24.3 Å². The molecule has 3 N–H and O–H groups in total. The Bertz CT molecular complexity index is 584. The van der Waals surface area contributed by atoms with Crippen molar-refractivity contribution in [3.8, 4) is 0 Å². The van der Waals surface area contributed by atoms with Gasteiger partial charge in [0, 0.05) is 11.3 Å². The summed E-state index contributed by atoms with van der Waals surface area (Å²) in [5.41, 5.74) is 6.36. The summed E-state index contributed by atoms with van der Waals surface area (Å²) in [6.07, 6.45) is -0.208. The van der Waals surface area contributed by atoms with E-state index in [4.69, 9.17) is 18.0 Å². The van der Waals surface area contributed by atoms with Gasteiger partial charge in [-0.25, -0.2) is 8.42 Å². The SMILES string of the molecule is COC(=O)CCS(=O)(=O)Nc1cccc(C(N)=S)c1. The van der Waals surface area contributed by atoms with Gasteiger partial charge in [0.05, 0.1) is 19.3 Å². The van der Waals surface area contributed by atoms with Gasteiger partial charge in [-0.15, -0.1) is 0 Å². The van der Waals surface area contributed by atoms with Gasteiger partial charge in [-0.1, -0.05) is 24.4 Å². The largest absolute Gasteiger partial charge is 0.469 e. The minimum Gasteiger partial charge on any atom is -0.469 e. The monoisotopic (exact) mass is 302 g/mol. The molecule has 0 saturated carbocycles. The van der Waals surface area contributed by atoms with E-state index in [1.54, 1.807) is 18.2 Å². The first kappa shape index (κ1) is 15.4. The Balaban J connectivity index is 2.75. The number of ether oxygens (including phenoxy) is 1. The van der Waals surface area contributed by atoms with Crippen LogP contribution in [0.5, 0.6) is 0 Å². The minimum absolute atomic E-state index is 0.176. The van der Waals surface area contributed by atoms with E-state index >= 15 is 0 Å². The van der Waals surface area contributed by atoms with E-state index in [1.807, 2.05) is 0 Å². The van der Waals surface area contributed by atoms with E-state index in [2.05, 4.69) is 9.46 Å². The maximum Gasteiger partial charge on any atom is 0.306 e. The Morgan fingerprint density at radius 1 is 1.47 bits per heavy atom. The molecule has 1 aromatic rings. The first-order valence-electron chi connectivity index (χ1n) is 5.31. The van der Waals surface area contributed by atoms with Crippen molar-refractivity contribution in [3.63, 3.8) is 0 Å². The number of anilines is 1. The molecule has 0 unspecified atom stereocenters. The number of sulfonamides is 1. The van der Waals surface area contributed by atoms with Gasteiger partial charge in [0.15, 0.2) is 0 Å². The number of thiocarbonyl (C=S) groups is 1. The fourth-order valence-electron chi connectivity index (χ4n) is 1.29. The third kappa shape index (κ3) is 5.23. The third-order valence-electron chi connectivity index (χ3n) is 2.22. The van der Waals surface area contributed by atoms with E-state index in [1.165, 1.54) is 13.2 Å². The molecule has 6 nitrogen and oxygen atoms in total. The second-order valence-corrected chi connectivity index (χ2v) is 5.97. The van der Waals surface area contributed by atoms with Crippen molar-refractivity contribution in [1.82, 2.24) is 0 Å². The number of methoxy groups -OCH3 is 1. The molecule has 1 aromatic carbocycles. The highest BCUT2D eigenvalue weighted by molar-refractivity contribution is 7.92. The number of nitrogens with one attached hydrogen (secondary N) is 1. The highest BCUT2D eigenvalue weighted by Crippen LogP contribution is 2.13. The predicted molar refractivity (Wildman–Crippen MR) is 76.4 cm³/mol. The van der Waals surface area contributed by atoms with Crippen LogP contribution in [0.4, 0.5) is 5.69 Å². The molecule has 0 aliphatic carbocycles. The van der Waals surface area contributed by atoms with E-state index in [0.717, 1.165) is 0 Å². The zero-order chi connectivity index (χ0) is 14.5. The fraction of sp³-hybridized carbons (Fsp3) is 0.273. The molecular formula is C11H14N2O4S2. The number of esters is 1. The summed E-state index contributed by atoms with van der Waals surface area (Å²) in [4.78, 5) is 11.1. The fourth-order valence-corrected chi connectivity index (χ4v) is 2.44. The number of hydrogen-bond acceptors (Lipinski definition) is 5. The first-order valence-corrected chi connectivity index (χ1v) is 7.37. The molecule has 19 heavy (non-hydrogen) atoms. The van der Waals surface area contributed by atoms with E-state index in [0.29, 0.717) is 11.3 Å². The molecule has 0 aliphatic rings. The van der Waals surface area contributed by atoms with Gasteiger partial charge in [-0.3, -0.25) is 9.52 Å². The van der Waals surface area contributed by atoms with E-state index in [-0.39, 0.29) is 17.2 Å². The number of benzene rings is 1. The second-order valence-electron chi connectivity index (χ2n) is 3.69. The summed E-state index contributed by atoms with van der Waals surface area (Å²) in [5, 5.41) is 0. The van der Waals surface area contributed by atoms with E-state index in [9.17, 15) is 13.2 Å². The Hall–Kier alpha value is -1.67. The lowest BCUT2D eigenvalue weighted by Crippen LogP contribution is -2.20. The van der Waals surface area contributed by atoms with Crippen LogP contribution in [-0.4, -0.2) is 32.2 Å². The van der Waals surface area contributed by atoms with Crippen LogP contribution in [0.3, 0.4) is 0 Å². The average molecular weight is 302 g/mol. The molecule has 0 fully saturated rings. The number of carbonyl (C=O) groups is 1. The molecule has 0 amide bonds. The zero-order valence-electron chi connectivity index (χ0n) is 10.3. The maximum absolute atomic E-state index is 11.7. The Morgan fingerprint density at radius 3 is 2.74 bits per heavy atom. The molecule has 0 saturated heterocycles. The van der Waals surface area contributed by atoms with Crippen LogP contribution < -0.4 is 10.5 Å². The van der Waals surface area contributed by atoms with Gasteiger partial charge < -0.3 is 10.5 Å². The zero-order valence-corrected chi connectivity index (χ0v) is 11.9. The predicted octanol–water partition coefficient (Wildman–Crippen LogP) is 0.626. The Kier molecular flexibility index (Phi) is 5.25. The molecule has 1 rings (SSSR count). The Morgan fingerprint density at radius 2 is 2.16 bits per heavy atom. The molecule has 0 spiro atoms. The number of hydrogen-bond donors (Lipinski definition) is 2. The molecule has 104 valence electrons. The van der Waals surface area contributed by atoms with Crippen LogP contribution in [0.25, 0.3) is 0 Å². The topological polar surface area (TPSA) is 98.5 Å². The summed E-state index contributed by atoms with van der Waals surface area (Å²) >= 11 is 4.80. The Labute approximate surface area is 117 Å². The number of rotatable bonds is 6. The first-order chi connectivity index (χ1) is 8.84. The summed E-state index contributed by atoms with van der Waals surface area (Å²) in [5.74, 6) is -0.931. The summed E-state index contributed by atoms with van der Waals surface area (Å²) in [6.45, 7) is 0. The molecule has 0 heterocycles. The van der Waals surface area contributed by atoms with Gasteiger partial charge in [0.25, 0.3) is 0 Å². The standard InChI is InChI=1S/C11H14N2O4S2/c1-17-10(14)5-6-19(15,16)13-9-4-2-3-8(7-9)11(12)18/h2-4,7,13H,5-6H2,1H3,(H2,12,18). The molecule has 0 aliphatic heterocycles. The summed E-state index contributed by atoms with van der Waals surface area (Å²) in [7, 11) is -2.41. The lowest BCUT2D eigenvalue weighted by Gasteiger charge is -2.08. The van der Waals surface area contributed by atoms with Crippen LogP contribution in [0.1, 0.15) is 12.0 Å². The molecule has 8 heteroatoms. The van der Waals surface area contributed by atoms with Crippen molar-refractivity contribution in [2.24, 2.45) is 5.73 Å². The van der Waals surface area contributed by atoms with Gasteiger partial charge in [0.2, 0.25) is 10.0 Å². The third-order valence-corrected chi connectivity index (χ3v) is 3.75. The molecule has 0 atom stereocenters. The molecule has 0 bridgehead atoms. The molecule has 0 aromatic heterocycles. The normalized spacial score (nSPS) is 10.8. The highest BCUT2D eigenvalue weighted by atomic mass is 32.2. The minimum atomic E-state index is -3.62. The van der Waals surface area contributed by atoms with Gasteiger partial charge >= 0.3 is 5.97 Å².